The van der Waals surface area contributed by atoms with Crippen LogP contribution >= 0.6 is 0 Å². The van der Waals surface area contributed by atoms with E-state index in [4.69, 9.17) is 14.4 Å². The Bertz CT molecular complexity index is 1380. The molecule has 1 saturated carbocycles. The van der Waals surface area contributed by atoms with Crippen LogP contribution in [0.1, 0.15) is 30.7 Å². The van der Waals surface area contributed by atoms with E-state index in [1.165, 1.54) is 0 Å². The second-order valence-electron chi connectivity index (χ2n) is 9.37. The van der Waals surface area contributed by atoms with Gasteiger partial charge in [0, 0.05) is 42.7 Å². The first-order valence-electron chi connectivity index (χ1n) is 11.4. The van der Waals surface area contributed by atoms with E-state index in [1.807, 2.05) is 31.2 Å². The first-order valence-corrected chi connectivity index (χ1v) is 11.4. The first kappa shape index (κ1) is 20.4. The highest BCUT2D eigenvalue weighted by molar-refractivity contribution is 5.89. The van der Waals surface area contributed by atoms with Gasteiger partial charge in [0.25, 0.3) is 0 Å². The topological polar surface area (TPSA) is 87.3 Å². The number of hydrogen-bond acceptors (Lipinski definition) is 7. The largest absolute Gasteiger partial charge is 0.507 e. The molecule has 170 valence electrons. The maximum atomic E-state index is 13.2. The van der Waals surface area contributed by atoms with Gasteiger partial charge in [-0.1, -0.05) is 0 Å². The van der Waals surface area contributed by atoms with Crippen molar-refractivity contribution >= 4 is 28.0 Å². The number of pyridine rings is 2. The fourth-order valence-corrected chi connectivity index (χ4v) is 4.83. The third-order valence-electron chi connectivity index (χ3n) is 6.94. The molecule has 2 aliphatic rings. The van der Waals surface area contributed by atoms with Crippen molar-refractivity contribution in [1.82, 2.24) is 20.3 Å². The van der Waals surface area contributed by atoms with Crippen LogP contribution in [0.4, 0.5) is 10.2 Å². The predicted molar refractivity (Wildman–Crippen MR) is 125 cm³/mol. The van der Waals surface area contributed by atoms with Crippen molar-refractivity contribution in [2.75, 3.05) is 24.7 Å². The molecule has 0 radical (unpaired) electrons. The summed E-state index contributed by atoms with van der Waals surface area (Å²) in [7, 11) is 0. The van der Waals surface area contributed by atoms with E-state index < -0.39 is 0 Å². The Morgan fingerprint density at radius 2 is 1.94 bits per heavy atom. The minimum Gasteiger partial charge on any atom is -0.507 e. The maximum Gasteiger partial charge on any atom is 0.192 e. The summed E-state index contributed by atoms with van der Waals surface area (Å²) in [5, 5.41) is 14.3. The normalized spacial score (nSPS) is 19.6. The zero-order valence-electron chi connectivity index (χ0n) is 18.7. The van der Waals surface area contributed by atoms with Crippen LogP contribution in [-0.2, 0) is 0 Å². The number of alkyl halides is 1. The molecule has 1 atom stereocenters. The predicted octanol–water partition coefficient (Wildman–Crippen LogP) is 4.43. The highest BCUT2D eigenvalue weighted by atomic mass is 19.1. The molecular weight excluding hydrogens is 421 g/mol. The fraction of sp³-hybridized carbons (Fsp3) is 0.400. The molecule has 2 fully saturated rings. The summed E-state index contributed by atoms with van der Waals surface area (Å²) < 4.78 is 18.9. The molecule has 0 bridgehead atoms. The number of hydrogen-bond donors (Lipinski definition) is 2. The van der Waals surface area contributed by atoms with Crippen LogP contribution in [0.5, 0.6) is 5.75 Å². The molecule has 1 saturated heterocycles. The number of nitrogens with one attached hydrogen (secondary N) is 1. The number of halogens is 1. The second kappa shape index (κ2) is 7.38. The standard InChI is InChI=1S/C25H26FN5O2/c1-14-23-21(33-15(2)27-23)11-17(24(14)32)18-3-4-20-19(28-18)5-6-22(29-20)31-10-7-16(12-31)30-25(13-26)8-9-25/h3-6,11,16,30,32H,7-10,12-13H2,1-2H3/t16-/m0/s1. The van der Waals surface area contributed by atoms with Crippen molar-refractivity contribution in [1.29, 1.82) is 0 Å². The third-order valence-corrected chi connectivity index (χ3v) is 6.94. The molecule has 2 N–H and O–H groups in total. The molecule has 7 nitrogen and oxygen atoms in total. The van der Waals surface area contributed by atoms with Gasteiger partial charge >= 0.3 is 0 Å². The lowest BCUT2D eigenvalue weighted by atomic mass is 10.0. The Balaban J connectivity index is 1.28. The van der Waals surface area contributed by atoms with Gasteiger partial charge in [-0.15, -0.1) is 0 Å². The highest BCUT2D eigenvalue weighted by Crippen LogP contribution is 2.38. The van der Waals surface area contributed by atoms with Gasteiger partial charge in [-0.3, -0.25) is 0 Å². The number of aryl methyl sites for hydroxylation is 2. The Labute approximate surface area is 190 Å². The van der Waals surface area contributed by atoms with Crippen LogP contribution in [0.15, 0.2) is 34.7 Å². The Morgan fingerprint density at radius 3 is 2.73 bits per heavy atom. The molecule has 0 spiro atoms. The van der Waals surface area contributed by atoms with Gasteiger partial charge in [0.05, 0.1) is 16.7 Å². The lowest BCUT2D eigenvalue weighted by molar-refractivity contribution is 0.332. The number of oxazole rings is 1. The molecule has 1 aromatic carbocycles. The Kier molecular flexibility index (Phi) is 4.55. The van der Waals surface area contributed by atoms with Crippen molar-refractivity contribution in [3.8, 4) is 17.0 Å². The van der Waals surface area contributed by atoms with Crippen molar-refractivity contribution in [3.63, 3.8) is 0 Å². The number of phenols is 1. The monoisotopic (exact) mass is 447 g/mol. The second-order valence-corrected chi connectivity index (χ2v) is 9.37. The van der Waals surface area contributed by atoms with Gasteiger partial charge in [-0.25, -0.2) is 19.3 Å². The Hall–Kier alpha value is -3.26. The number of aromatic nitrogens is 3. The maximum absolute atomic E-state index is 13.2. The van der Waals surface area contributed by atoms with E-state index in [1.54, 1.807) is 13.0 Å². The van der Waals surface area contributed by atoms with Gasteiger partial charge in [0.2, 0.25) is 0 Å². The van der Waals surface area contributed by atoms with Crippen LogP contribution in [0.3, 0.4) is 0 Å². The van der Waals surface area contributed by atoms with Gasteiger partial charge in [0.15, 0.2) is 11.5 Å². The van der Waals surface area contributed by atoms with E-state index in [0.29, 0.717) is 39.9 Å². The molecule has 6 rings (SSSR count). The average Bonchev–Trinajstić information content (AvgIpc) is 3.25. The molecule has 33 heavy (non-hydrogen) atoms. The Morgan fingerprint density at radius 1 is 1.15 bits per heavy atom. The van der Waals surface area contributed by atoms with Crippen LogP contribution in [-0.4, -0.2) is 51.4 Å². The number of nitrogens with zero attached hydrogens (tertiary/aromatic N) is 4. The van der Waals surface area contributed by atoms with E-state index in [2.05, 4.69) is 15.2 Å². The molecule has 1 aliphatic carbocycles. The van der Waals surface area contributed by atoms with E-state index in [0.717, 1.165) is 49.2 Å². The molecule has 0 unspecified atom stereocenters. The van der Waals surface area contributed by atoms with Crippen LogP contribution < -0.4 is 10.2 Å². The number of aromatic hydroxyl groups is 1. The van der Waals surface area contributed by atoms with Gasteiger partial charge in [0.1, 0.15) is 23.8 Å². The zero-order valence-corrected chi connectivity index (χ0v) is 18.7. The van der Waals surface area contributed by atoms with Crippen molar-refractivity contribution in [3.05, 3.63) is 41.8 Å². The highest BCUT2D eigenvalue weighted by Gasteiger charge is 2.45. The van der Waals surface area contributed by atoms with Gasteiger partial charge < -0.3 is 19.7 Å². The molecule has 4 heterocycles. The molecule has 0 amide bonds. The number of benzene rings is 1. The minimum atomic E-state index is -0.288. The third kappa shape index (κ3) is 3.49. The molecule has 4 aromatic rings. The summed E-state index contributed by atoms with van der Waals surface area (Å²) >= 11 is 0. The summed E-state index contributed by atoms with van der Waals surface area (Å²) in [6.45, 7) is 5.05. The van der Waals surface area contributed by atoms with Crippen molar-refractivity contribution < 1.29 is 13.9 Å². The average molecular weight is 448 g/mol. The molecule has 1 aliphatic heterocycles. The summed E-state index contributed by atoms with van der Waals surface area (Å²) in [6.07, 6.45) is 2.85. The fourth-order valence-electron chi connectivity index (χ4n) is 4.83. The van der Waals surface area contributed by atoms with Crippen LogP contribution in [0.2, 0.25) is 0 Å². The quantitative estimate of drug-likeness (QED) is 0.468. The smallest absolute Gasteiger partial charge is 0.192 e. The van der Waals surface area contributed by atoms with Crippen molar-refractivity contribution in [2.45, 2.75) is 44.7 Å². The number of phenolic OH excluding ortho intramolecular Hbond substituents is 1. The van der Waals surface area contributed by atoms with E-state index >= 15 is 0 Å². The number of rotatable bonds is 5. The summed E-state index contributed by atoms with van der Waals surface area (Å²) in [5.74, 6) is 1.62. The molecule has 8 heteroatoms. The number of anilines is 1. The SMILES string of the molecule is Cc1nc2c(C)c(O)c(-c3ccc4nc(N5CC[C@H](NC6(CF)CC6)C5)ccc4n3)cc2o1. The summed E-state index contributed by atoms with van der Waals surface area (Å²) in [4.78, 5) is 16.2. The number of fused-ring (bicyclic) bond motifs is 2. The lowest BCUT2D eigenvalue weighted by Gasteiger charge is -2.21. The van der Waals surface area contributed by atoms with E-state index in [-0.39, 0.29) is 18.0 Å². The first-order chi connectivity index (χ1) is 15.9. The summed E-state index contributed by atoms with van der Waals surface area (Å²) in [6, 6.07) is 9.83. The van der Waals surface area contributed by atoms with Crippen LogP contribution in [0.25, 0.3) is 33.4 Å². The summed E-state index contributed by atoms with van der Waals surface area (Å²) in [5.41, 5.74) is 4.51. The minimum absolute atomic E-state index is 0.157. The lowest BCUT2D eigenvalue weighted by Crippen LogP contribution is -2.43. The van der Waals surface area contributed by atoms with Crippen molar-refractivity contribution in [2.24, 2.45) is 0 Å². The van der Waals surface area contributed by atoms with Gasteiger partial charge in [-0.2, -0.15) is 0 Å². The molecular formula is C25H26FN5O2. The molecule has 3 aromatic heterocycles. The van der Waals surface area contributed by atoms with Crippen LogP contribution in [0, 0.1) is 13.8 Å². The van der Waals surface area contributed by atoms with E-state index in [9.17, 15) is 9.50 Å². The zero-order chi connectivity index (χ0) is 22.7. The van der Waals surface area contributed by atoms with Gasteiger partial charge in [-0.05, 0) is 56.5 Å².